The molecule has 22 heavy (non-hydrogen) atoms. The Labute approximate surface area is 127 Å². The molecule has 3 nitrogen and oxygen atoms in total. The number of alkyl halides is 3. The van der Waals surface area contributed by atoms with Crippen molar-refractivity contribution in [1.82, 2.24) is 0 Å². The molecule has 0 heterocycles. The van der Waals surface area contributed by atoms with Crippen LogP contribution in [0.1, 0.15) is 18.9 Å². The van der Waals surface area contributed by atoms with Gasteiger partial charge in [-0.05, 0) is 31.1 Å². The quantitative estimate of drug-likeness (QED) is 0.922. The van der Waals surface area contributed by atoms with Crippen LogP contribution in [0.5, 0.6) is 11.5 Å². The highest BCUT2D eigenvalue weighted by molar-refractivity contribution is 5.79. The van der Waals surface area contributed by atoms with Crippen molar-refractivity contribution >= 4 is 5.57 Å². The summed E-state index contributed by atoms with van der Waals surface area (Å²) in [6.45, 7) is 2.25. The summed E-state index contributed by atoms with van der Waals surface area (Å²) in [6, 6.07) is 4.59. The van der Waals surface area contributed by atoms with Gasteiger partial charge < -0.3 is 15.2 Å². The summed E-state index contributed by atoms with van der Waals surface area (Å²) in [5, 5.41) is 0. The van der Waals surface area contributed by atoms with Crippen molar-refractivity contribution in [1.29, 1.82) is 0 Å². The average molecular weight is 313 g/mol. The molecule has 0 fully saturated rings. The Kier molecular flexibility index (Phi) is 4.81. The molecular weight excluding hydrogens is 295 g/mol. The van der Waals surface area contributed by atoms with Crippen LogP contribution in [0.2, 0.25) is 0 Å². The molecule has 1 aliphatic carbocycles. The molecule has 6 heteroatoms. The minimum Gasteiger partial charge on any atom is -0.492 e. The molecule has 1 aromatic carbocycles. The average Bonchev–Trinajstić information content (AvgIpc) is 2.46. The van der Waals surface area contributed by atoms with Crippen molar-refractivity contribution in [2.45, 2.75) is 25.6 Å². The third kappa shape index (κ3) is 3.27. The molecule has 0 saturated heterocycles. The molecule has 120 valence electrons. The maximum atomic E-state index is 12.9. The van der Waals surface area contributed by atoms with Crippen molar-refractivity contribution in [2.75, 3.05) is 13.7 Å². The fourth-order valence-corrected chi connectivity index (χ4v) is 2.41. The molecule has 0 saturated carbocycles. The number of hydrogen-bond donors (Lipinski definition) is 1. The highest BCUT2D eigenvalue weighted by atomic mass is 19.4. The zero-order valence-corrected chi connectivity index (χ0v) is 12.4. The summed E-state index contributed by atoms with van der Waals surface area (Å²) in [5.74, 6) is 0.883. The lowest BCUT2D eigenvalue weighted by atomic mass is 9.89. The van der Waals surface area contributed by atoms with Crippen LogP contribution in [0.4, 0.5) is 13.2 Å². The predicted molar refractivity (Wildman–Crippen MR) is 78.9 cm³/mol. The molecule has 1 aliphatic rings. The highest BCUT2D eigenvalue weighted by Crippen LogP contribution is 2.40. The van der Waals surface area contributed by atoms with E-state index < -0.39 is 17.8 Å². The second kappa shape index (κ2) is 6.44. The van der Waals surface area contributed by atoms with E-state index in [0.717, 1.165) is 12.2 Å². The Morgan fingerprint density at radius 2 is 2.05 bits per heavy atom. The summed E-state index contributed by atoms with van der Waals surface area (Å²) in [4.78, 5) is 0. The zero-order valence-electron chi connectivity index (χ0n) is 12.4. The Hall–Kier alpha value is -1.95. The molecule has 0 aliphatic heterocycles. The number of para-hydroxylation sites is 1. The molecule has 1 atom stereocenters. The van der Waals surface area contributed by atoms with Gasteiger partial charge in [-0.2, -0.15) is 13.2 Å². The van der Waals surface area contributed by atoms with Crippen molar-refractivity contribution in [2.24, 2.45) is 5.73 Å². The van der Waals surface area contributed by atoms with Crippen LogP contribution in [-0.2, 0) is 0 Å². The number of allylic oxidation sites excluding steroid dienone is 2. The van der Waals surface area contributed by atoms with E-state index in [0.29, 0.717) is 29.2 Å². The molecule has 0 amide bonds. The topological polar surface area (TPSA) is 44.5 Å². The Morgan fingerprint density at radius 3 is 2.64 bits per heavy atom. The molecule has 1 aromatic rings. The summed E-state index contributed by atoms with van der Waals surface area (Å²) < 4.78 is 49.6. The van der Waals surface area contributed by atoms with Gasteiger partial charge in [-0.1, -0.05) is 18.2 Å². The normalized spacial score (nSPS) is 18.5. The van der Waals surface area contributed by atoms with Crippen LogP contribution in [0.3, 0.4) is 0 Å². The second-order valence-corrected chi connectivity index (χ2v) is 4.87. The standard InChI is InChI=1S/C16H18F3NO2/c1-3-22-14-6-4-5-11(15(14)21-2)12-9-10(16(17,18)19)7-8-13(12)20/h4-7,9,13H,3,8,20H2,1-2H3. The van der Waals surface area contributed by atoms with Crippen molar-refractivity contribution < 1.29 is 22.6 Å². The van der Waals surface area contributed by atoms with E-state index in [1.54, 1.807) is 18.2 Å². The first-order valence-electron chi connectivity index (χ1n) is 6.93. The fourth-order valence-electron chi connectivity index (χ4n) is 2.41. The smallest absolute Gasteiger partial charge is 0.416 e. The first kappa shape index (κ1) is 16.4. The molecule has 0 aromatic heterocycles. The van der Waals surface area contributed by atoms with Crippen molar-refractivity contribution in [3.8, 4) is 11.5 Å². The lowest BCUT2D eigenvalue weighted by Gasteiger charge is -2.24. The molecule has 2 rings (SSSR count). The van der Waals surface area contributed by atoms with Crippen LogP contribution in [-0.4, -0.2) is 25.9 Å². The largest absolute Gasteiger partial charge is 0.492 e. The van der Waals surface area contributed by atoms with Crippen LogP contribution in [0.25, 0.3) is 5.57 Å². The van der Waals surface area contributed by atoms with Crippen LogP contribution in [0.15, 0.2) is 35.9 Å². The number of ether oxygens (including phenoxy) is 2. The van der Waals surface area contributed by atoms with E-state index in [-0.39, 0.29) is 6.42 Å². The highest BCUT2D eigenvalue weighted by Gasteiger charge is 2.35. The van der Waals surface area contributed by atoms with Gasteiger partial charge in [0.05, 0.1) is 19.3 Å². The van der Waals surface area contributed by atoms with Crippen LogP contribution >= 0.6 is 0 Å². The van der Waals surface area contributed by atoms with Crippen molar-refractivity contribution in [3.05, 3.63) is 41.5 Å². The third-order valence-electron chi connectivity index (χ3n) is 3.42. The number of rotatable bonds is 4. The molecular formula is C16H18F3NO2. The molecule has 0 spiro atoms. The summed E-state index contributed by atoms with van der Waals surface area (Å²) in [6.07, 6.45) is -2.06. The Bertz CT molecular complexity index is 606. The van der Waals surface area contributed by atoms with Gasteiger partial charge in [0, 0.05) is 11.6 Å². The first-order valence-corrected chi connectivity index (χ1v) is 6.93. The van der Waals surface area contributed by atoms with Crippen LogP contribution < -0.4 is 15.2 Å². The predicted octanol–water partition coefficient (Wildman–Crippen LogP) is 3.70. The zero-order chi connectivity index (χ0) is 16.3. The lowest BCUT2D eigenvalue weighted by molar-refractivity contribution is -0.0885. The van der Waals surface area contributed by atoms with E-state index in [1.165, 1.54) is 7.11 Å². The maximum Gasteiger partial charge on any atom is 0.416 e. The van der Waals surface area contributed by atoms with E-state index in [9.17, 15) is 13.2 Å². The van der Waals surface area contributed by atoms with E-state index >= 15 is 0 Å². The number of benzene rings is 1. The fraction of sp³-hybridized carbons (Fsp3) is 0.375. The van der Waals surface area contributed by atoms with E-state index in [1.807, 2.05) is 6.92 Å². The molecule has 0 radical (unpaired) electrons. The number of halogens is 3. The summed E-state index contributed by atoms with van der Waals surface area (Å²) >= 11 is 0. The van der Waals surface area contributed by atoms with Gasteiger partial charge >= 0.3 is 6.18 Å². The van der Waals surface area contributed by atoms with Gasteiger partial charge in [-0.15, -0.1) is 0 Å². The third-order valence-corrected chi connectivity index (χ3v) is 3.42. The number of methoxy groups -OCH3 is 1. The van der Waals surface area contributed by atoms with Gasteiger partial charge in [0.25, 0.3) is 0 Å². The molecule has 1 unspecified atom stereocenters. The first-order chi connectivity index (χ1) is 10.4. The minimum absolute atomic E-state index is 0.128. The van der Waals surface area contributed by atoms with E-state index in [4.69, 9.17) is 15.2 Å². The van der Waals surface area contributed by atoms with Crippen molar-refractivity contribution in [3.63, 3.8) is 0 Å². The summed E-state index contributed by atoms with van der Waals surface area (Å²) in [7, 11) is 1.46. The second-order valence-electron chi connectivity index (χ2n) is 4.87. The van der Waals surface area contributed by atoms with Gasteiger partial charge in [0.2, 0.25) is 0 Å². The van der Waals surface area contributed by atoms with Gasteiger partial charge in [0.15, 0.2) is 11.5 Å². The van der Waals surface area contributed by atoms with Crippen LogP contribution in [0, 0.1) is 0 Å². The van der Waals surface area contributed by atoms with Gasteiger partial charge in [-0.3, -0.25) is 0 Å². The monoisotopic (exact) mass is 313 g/mol. The van der Waals surface area contributed by atoms with Gasteiger partial charge in [-0.25, -0.2) is 0 Å². The summed E-state index contributed by atoms with van der Waals surface area (Å²) in [5.41, 5.74) is 6.22. The lowest BCUT2D eigenvalue weighted by Crippen LogP contribution is -2.26. The Balaban J connectivity index is 2.52. The SMILES string of the molecule is CCOc1cccc(C2=CC(C(F)(F)F)=CCC2N)c1OC. The Morgan fingerprint density at radius 1 is 1.32 bits per heavy atom. The molecule has 0 bridgehead atoms. The molecule has 2 N–H and O–H groups in total. The number of hydrogen-bond acceptors (Lipinski definition) is 3. The van der Waals surface area contributed by atoms with E-state index in [2.05, 4.69) is 0 Å². The minimum atomic E-state index is -4.39. The number of nitrogens with two attached hydrogens (primary N) is 1. The maximum absolute atomic E-state index is 12.9. The van der Waals surface area contributed by atoms with Gasteiger partial charge in [0.1, 0.15) is 0 Å².